The van der Waals surface area contributed by atoms with E-state index < -0.39 is 11.5 Å². The van der Waals surface area contributed by atoms with Gasteiger partial charge in [-0.25, -0.2) is 0 Å². The van der Waals surface area contributed by atoms with Crippen LogP contribution in [0, 0.1) is 0 Å². The van der Waals surface area contributed by atoms with Gasteiger partial charge in [-0.2, -0.15) is 0 Å². The van der Waals surface area contributed by atoms with E-state index in [2.05, 4.69) is 0 Å². The number of ether oxygens (including phenoxy) is 1. The Labute approximate surface area is 120 Å². The van der Waals surface area contributed by atoms with Crippen molar-refractivity contribution in [3.63, 3.8) is 0 Å². The van der Waals surface area contributed by atoms with Crippen LogP contribution in [0.25, 0.3) is 0 Å². The zero-order valence-corrected chi connectivity index (χ0v) is 12.7. The molecule has 6 nitrogen and oxygen atoms in total. The van der Waals surface area contributed by atoms with E-state index in [0.717, 1.165) is 0 Å². The van der Waals surface area contributed by atoms with E-state index in [1.807, 2.05) is 16.7 Å². The maximum absolute atomic E-state index is 12.0. The topological polar surface area (TPSA) is 70.1 Å². The molecule has 0 radical (unpaired) electrons. The minimum atomic E-state index is -0.892. The van der Waals surface area contributed by atoms with E-state index >= 15 is 0 Å². The average Bonchev–Trinajstić information content (AvgIpc) is 2.43. The lowest BCUT2D eigenvalue weighted by Gasteiger charge is -2.34. The molecule has 0 aromatic carbocycles. The van der Waals surface area contributed by atoms with Crippen LogP contribution < -0.4 is 0 Å². The van der Waals surface area contributed by atoms with Crippen molar-refractivity contribution in [3.8, 4) is 0 Å². The van der Waals surface area contributed by atoms with Crippen molar-refractivity contribution in [1.29, 1.82) is 0 Å². The average molecular weight is 286 g/mol. The van der Waals surface area contributed by atoms with Crippen molar-refractivity contribution in [2.24, 2.45) is 0 Å². The van der Waals surface area contributed by atoms with Gasteiger partial charge in [0.1, 0.15) is 5.54 Å². The Balaban J connectivity index is 2.37. The molecule has 20 heavy (non-hydrogen) atoms. The molecule has 0 aromatic heterocycles. The first-order valence-corrected chi connectivity index (χ1v) is 7.23. The summed E-state index contributed by atoms with van der Waals surface area (Å²) in [6.07, 6.45) is 1.15. The van der Waals surface area contributed by atoms with Gasteiger partial charge in [0.2, 0.25) is 5.91 Å². The van der Waals surface area contributed by atoms with E-state index in [9.17, 15) is 14.7 Å². The molecule has 0 bridgehead atoms. The molecule has 0 aliphatic carbocycles. The molecular weight excluding hydrogens is 260 g/mol. The quantitative estimate of drug-likeness (QED) is 0.750. The number of amides is 1. The van der Waals surface area contributed by atoms with Gasteiger partial charge >= 0.3 is 5.97 Å². The summed E-state index contributed by atoms with van der Waals surface area (Å²) >= 11 is 0. The van der Waals surface area contributed by atoms with Gasteiger partial charge in [0.05, 0.1) is 13.2 Å². The summed E-state index contributed by atoms with van der Waals surface area (Å²) in [6, 6.07) is 0. The predicted octanol–water partition coefficient (Wildman–Crippen LogP) is 0.810. The van der Waals surface area contributed by atoms with Gasteiger partial charge < -0.3 is 14.7 Å². The molecular formula is C14H26N2O4. The van der Waals surface area contributed by atoms with Crippen molar-refractivity contribution >= 4 is 11.9 Å². The summed E-state index contributed by atoms with van der Waals surface area (Å²) in [5, 5.41) is 9.22. The summed E-state index contributed by atoms with van der Waals surface area (Å²) in [5.41, 5.74) is -0.892. The number of nitrogens with zero attached hydrogens (tertiary/aromatic N) is 2. The molecule has 0 spiro atoms. The molecule has 1 aliphatic heterocycles. The molecule has 116 valence electrons. The normalized spacial score (nSPS) is 16.5. The van der Waals surface area contributed by atoms with Crippen molar-refractivity contribution in [2.45, 2.75) is 39.2 Å². The van der Waals surface area contributed by atoms with Crippen molar-refractivity contribution in [3.05, 3.63) is 0 Å². The van der Waals surface area contributed by atoms with Gasteiger partial charge in [0.15, 0.2) is 0 Å². The third kappa shape index (κ3) is 4.45. The van der Waals surface area contributed by atoms with Gasteiger partial charge in [0.25, 0.3) is 0 Å². The Morgan fingerprint density at radius 2 is 1.90 bits per heavy atom. The summed E-state index contributed by atoms with van der Waals surface area (Å²) in [5.74, 6) is -0.698. The van der Waals surface area contributed by atoms with E-state index in [1.165, 1.54) is 0 Å². The monoisotopic (exact) mass is 286 g/mol. The fourth-order valence-corrected chi connectivity index (χ4v) is 2.36. The molecule has 1 saturated heterocycles. The first kappa shape index (κ1) is 16.9. The second kappa shape index (κ2) is 7.59. The maximum Gasteiger partial charge on any atom is 0.323 e. The summed E-state index contributed by atoms with van der Waals surface area (Å²) in [4.78, 5) is 26.9. The molecule has 6 heteroatoms. The third-order valence-electron chi connectivity index (χ3n) is 3.88. The highest BCUT2D eigenvalue weighted by atomic mass is 16.5. The Morgan fingerprint density at radius 3 is 2.40 bits per heavy atom. The highest BCUT2D eigenvalue weighted by molar-refractivity contribution is 5.78. The second-order valence-corrected chi connectivity index (χ2v) is 5.54. The maximum atomic E-state index is 12.0. The zero-order chi connectivity index (χ0) is 15.2. The van der Waals surface area contributed by atoms with E-state index in [1.54, 1.807) is 13.8 Å². The Kier molecular flexibility index (Phi) is 6.42. The first-order valence-electron chi connectivity index (χ1n) is 7.23. The van der Waals surface area contributed by atoms with Gasteiger partial charge in [-0.15, -0.1) is 0 Å². The smallest absolute Gasteiger partial charge is 0.323 e. The lowest BCUT2D eigenvalue weighted by Crippen LogP contribution is -2.50. The lowest BCUT2D eigenvalue weighted by atomic mass is 10.0. The van der Waals surface area contributed by atoms with Crippen LogP contribution in [0.4, 0.5) is 0 Å². The van der Waals surface area contributed by atoms with Crippen LogP contribution in [0.5, 0.6) is 0 Å². The molecule has 0 atom stereocenters. The molecule has 0 unspecified atom stereocenters. The Bertz CT molecular complexity index is 338. The number of carbonyl (C=O) groups is 2. The number of rotatable bonds is 7. The second-order valence-electron chi connectivity index (χ2n) is 5.54. The molecule has 1 fully saturated rings. The molecule has 1 aliphatic rings. The number of hydrogen-bond acceptors (Lipinski definition) is 4. The summed E-state index contributed by atoms with van der Waals surface area (Å²) in [7, 11) is 0. The zero-order valence-electron chi connectivity index (χ0n) is 12.7. The Hall–Kier alpha value is -1.14. The highest BCUT2D eigenvalue weighted by Gasteiger charge is 2.33. The van der Waals surface area contributed by atoms with Crippen LogP contribution in [0.1, 0.15) is 33.6 Å². The number of carboxylic acids is 1. The number of morpholine rings is 1. The first-order chi connectivity index (χ1) is 9.39. The molecule has 1 rings (SSSR count). The summed E-state index contributed by atoms with van der Waals surface area (Å²) in [6.45, 7) is 9.16. The minimum absolute atomic E-state index is 0.137. The fourth-order valence-electron chi connectivity index (χ4n) is 2.36. The standard InChI is InChI=1S/C14H26N2O4/c1-4-16(14(2,3)13(18)19)7-5-6-12(17)15-8-10-20-11-9-15/h4-11H2,1-3H3,(H,18,19). The van der Waals surface area contributed by atoms with Crippen molar-refractivity contribution in [2.75, 3.05) is 39.4 Å². The Morgan fingerprint density at radius 1 is 1.30 bits per heavy atom. The van der Waals surface area contributed by atoms with Crippen LogP contribution in [-0.4, -0.2) is 71.7 Å². The van der Waals surface area contributed by atoms with Crippen molar-refractivity contribution < 1.29 is 19.4 Å². The minimum Gasteiger partial charge on any atom is -0.480 e. The van der Waals surface area contributed by atoms with Gasteiger partial charge in [-0.3, -0.25) is 14.5 Å². The molecule has 0 aromatic rings. The van der Waals surface area contributed by atoms with Crippen LogP contribution in [0.2, 0.25) is 0 Å². The lowest BCUT2D eigenvalue weighted by molar-refractivity contribution is -0.149. The number of likely N-dealkylation sites (N-methyl/N-ethyl adjacent to an activating group) is 1. The highest BCUT2D eigenvalue weighted by Crippen LogP contribution is 2.15. The van der Waals surface area contributed by atoms with Crippen LogP contribution in [0.15, 0.2) is 0 Å². The molecule has 1 amide bonds. The van der Waals surface area contributed by atoms with Crippen LogP contribution in [0.3, 0.4) is 0 Å². The van der Waals surface area contributed by atoms with Crippen molar-refractivity contribution in [1.82, 2.24) is 9.80 Å². The number of aliphatic carboxylic acids is 1. The van der Waals surface area contributed by atoms with Gasteiger partial charge in [-0.1, -0.05) is 6.92 Å². The number of carboxylic acid groups (broad SMARTS) is 1. The fraction of sp³-hybridized carbons (Fsp3) is 0.857. The number of carbonyl (C=O) groups excluding carboxylic acids is 1. The van der Waals surface area contributed by atoms with Gasteiger partial charge in [0, 0.05) is 19.5 Å². The molecule has 1 N–H and O–H groups in total. The molecule has 1 heterocycles. The SMILES string of the molecule is CCN(CCCC(=O)N1CCOCC1)C(C)(C)C(=O)O. The predicted molar refractivity (Wildman–Crippen MR) is 75.6 cm³/mol. The van der Waals surface area contributed by atoms with E-state index in [-0.39, 0.29) is 5.91 Å². The van der Waals surface area contributed by atoms with Gasteiger partial charge in [-0.05, 0) is 33.4 Å². The van der Waals surface area contributed by atoms with E-state index in [0.29, 0.717) is 52.2 Å². The number of hydrogen-bond donors (Lipinski definition) is 1. The van der Waals surface area contributed by atoms with Crippen LogP contribution in [-0.2, 0) is 14.3 Å². The van der Waals surface area contributed by atoms with E-state index in [4.69, 9.17) is 4.74 Å². The van der Waals surface area contributed by atoms with Crippen LogP contribution >= 0.6 is 0 Å². The third-order valence-corrected chi connectivity index (χ3v) is 3.88. The summed E-state index contributed by atoms with van der Waals surface area (Å²) < 4.78 is 5.21. The molecule has 0 saturated carbocycles. The largest absolute Gasteiger partial charge is 0.480 e.